The Bertz CT molecular complexity index is 515. The molecule has 2 amide bonds. The number of amides is 2. The van der Waals surface area contributed by atoms with Gasteiger partial charge in [-0.25, -0.2) is 5.48 Å². The molecule has 3 N–H and O–H groups in total. The SMILES string of the molecule is O=C(C=CC=Cc1ccccc1)NCCSCCC(=O)NO. The molecule has 0 saturated carbocycles. The summed E-state index contributed by atoms with van der Waals surface area (Å²) in [6, 6.07) is 9.84. The largest absolute Gasteiger partial charge is 0.352 e. The highest BCUT2D eigenvalue weighted by molar-refractivity contribution is 7.99. The van der Waals surface area contributed by atoms with Crippen LogP contribution in [0.2, 0.25) is 0 Å². The number of carbonyl (C=O) groups excluding carboxylic acids is 2. The second-order valence-electron chi connectivity index (χ2n) is 4.32. The van der Waals surface area contributed by atoms with Gasteiger partial charge < -0.3 is 5.32 Å². The minimum absolute atomic E-state index is 0.147. The van der Waals surface area contributed by atoms with Crippen molar-refractivity contribution < 1.29 is 14.8 Å². The molecule has 0 fully saturated rings. The van der Waals surface area contributed by atoms with Crippen molar-refractivity contribution in [3.63, 3.8) is 0 Å². The fraction of sp³-hybridized carbons (Fsp3) is 0.250. The third kappa shape index (κ3) is 8.99. The molecule has 22 heavy (non-hydrogen) atoms. The molecule has 118 valence electrons. The van der Waals surface area contributed by atoms with Crippen LogP contribution in [-0.2, 0) is 9.59 Å². The molecule has 0 saturated heterocycles. The van der Waals surface area contributed by atoms with Crippen molar-refractivity contribution in [3.8, 4) is 0 Å². The van der Waals surface area contributed by atoms with Gasteiger partial charge in [0.05, 0.1) is 0 Å². The molecule has 1 rings (SSSR count). The van der Waals surface area contributed by atoms with Gasteiger partial charge in [0.1, 0.15) is 0 Å². The van der Waals surface area contributed by atoms with Crippen molar-refractivity contribution in [1.82, 2.24) is 10.8 Å². The van der Waals surface area contributed by atoms with E-state index in [9.17, 15) is 9.59 Å². The molecule has 5 nitrogen and oxygen atoms in total. The zero-order valence-electron chi connectivity index (χ0n) is 12.2. The normalized spacial score (nSPS) is 11.0. The second kappa shape index (κ2) is 11.6. The highest BCUT2D eigenvalue weighted by Crippen LogP contribution is 2.01. The number of nitrogens with one attached hydrogen (secondary N) is 2. The Labute approximate surface area is 134 Å². The minimum Gasteiger partial charge on any atom is -0.352 e. The van der Waals surface area contributed by atoms with E-state index in [0.717, 1.165) is 11.3 Å². The Morgan fingerprint density at radius 3 is 2.64 bits per heavy atom. The summed E-state index contributed by atoms with van der Waals surface area (Å²) in [6.07, 6.45) is 7.17. The molecule has 0 aliphatic rings. The average Bonchev–Trinajstić information content (AvgIpc) is 2.55. The van der Waals surface area contributed by atoms with E-state index in [-0.39, 0.29) is 12.3 Å². The van der Waals surface area contributed by atoms with Crippen LogP contribution in [0.25, 0.3) is 6.08 Å². The molecule has 6 heteroatoms. The van der Waals surface area contributed by atoms with E-state index in [4.69, 9.17) is 5.21 Å². The molecule has 0 aliphatic carbocycles. The third-order valence-electron chi connectivity index (χ3n) is 2.59. The molecule has 0 heterocycles. The van der Waals surface area contributed by atoms with Gasteiger partial charge >= 0.3 is 0 Å². The lowest BCUT2D eigenvalue weighted by atomic mass is 10.2. The number of hydroxylamine groups is 1. The summed E-state index contributed by atoms with van der Waals surface area (Å²) >= 11 is 1.54. The predicted molar refractivity (Wildman–Crippen MR) is 89.5 cm³/mol. The van der Waals surface area contributed by atoms with Gasteiger partial charge in [-0.3, -0.25) is 14.8 Å². The van der Waals surface area contributed by atoms with E-state index in [1.165, 1.54) is 17.8 Å². The smallest absolute Gasteiger partial charge is 0.244 e. The topological polar surface area (TPSA) is 78.4 Å². The van der Waals surface area contributed by atoms with E-state index in [2.05, 4.69) is 5.32 Å². The zero-order chi connectivity index (χ0) is 16.0. The van der Waals surface area contributed by atoms with E-state index < -0.39 is 5.91 Å². The maximum absolute atomic E-state index is 11.5. The first-order valence-electron chi connectivity index (χ1n) is 6.90. The molecule has 1 aromatic rings. The van der Waals surface area contributed by atoms with Crippen LogP contribution in [0.5, 0.6) is 0 Å². The number of thioether (sulfide) groups is 1. The van der Waals surface area contributed by atoms with Crippen LogP contribution < -0.4 is 10.8 Å². The summed E-state index contributed by atoms with van der Waals surface area (Å²) in [5.74, 6) is 0.784. The Kier molecular flexibility index (Phi) is 9.48. The standard InChI is InChI=1S/C16H20N2O3S/c19-15(17-11-13-22-12-10-16(20)18-21)9-5-4-8-14-6-2-1-3-7-14/h1-9,21H,10-13H2,(H,17,19)(H,18,20). The van der Waals surface area contributed by atoms with Crippen molar-refractivity contribution in [1.29, 1.82) is 0 Å². The van der Waals surface area contributed by atoms with Crippen LogP contribution in [0.4, 0.5) is 0 Å². The number of benzene rings is 1. The molecule has 0 radical (unpaired) electrons. The lowest BCUT2D eigenvalue weighted by Crippen LogP contribution is -2.24. The first-order chi connectivity index (χ1) is 10.7. The zero-order valence-corrected chi connectivity index (χ0v) is 13.0. The highest BCUT2D eigenvalue weighted by Gasteiger charge is 1.98. The monoisotopic (exact) mass is 320 g/mol. The van der Waals surface area contributed by atoms with Gasteiger partial charge in [0, 0.05) is 30.5 Å². The number of rotatable bonds is 9. The molecule has 0 atom stereocenters. The Hall–Kier alpha value is -2.05. The molecule has 0 aromatic heterocycles. The fourth-order valence-corrected chi connectivity index (χ4v) is 2.28. The second-order valence-corrected chi connectivity index (χ2v) is 5.54. The Morgan fingerprint density at radius 1 is 1.14 bits per heavy atom. The van der Waals surface area contributed by atoms with E-state index in [1.807, 2.05) is 42.5 Å². The number of allylic oxidation sites excluding steroid dienone is 2. The molecule has 0 spiro atoms. The van der Waals surface area contributed by atoms with Crippen molar-refractivity contribution >= 4 is 29.7 Å². The first kappa shape index (κ1) is 18.0. The van der Waals surface area contributed by atoms with Crippen molar-refractivity contribution in [2.75, 3.05) is 18.1 Å². The number of hydrogen-bond donors (Lipinski definition) is 3. The van der Waals surface area contributed by atoms with Crippen molar-refractivity contribution in [3.05, 3.63) is 54.1 Å². The summed E-state index contributed by atoms with van der Waals surface area (Å²) in [6.45, 7) is 0.539. The van der Waals surface area contributed by atoms with Crippen molar-refractivity contribution in [2.24, 2.45) is 0 Å². The summed E-state index contributed by atoms with van der Waals surface area (Å²) < 4.78 is 0. The van der Waals surface area contributed by atoms with Crippen LogP contribution in [-0.4, -0.2) is 35.1 Å². The Balaban J connectivity index is 2.09. The van der Waals surface area contributed by atoms with Gasteiger partial charge in [-0.05, 0) is 5.56 Å². The lowest BCUT2D eigenvalue weighted by molar-refractivity contribution is -0.128. The summed E-state index contributed by atoms with van der Waals surface area (Å²) in [7, 11) is 0. The molecule has 0 aliphatic heterocycles. The van der Waals surface area contributed by atoms with Gasteiger partial charge in [-0.2, -0.15) is 11.8 Å². The van der Waals surface area contributed by atoms with Crippen LogP contribution in [0.3, 0.4) is 0 Å². The van der Waals surface area contributed by atoms with Crippen LogP contribution in [0, 0.1) is 0 Å². The number of carbonyl (C=O) groups is 2. The molecule has 0 bridgehead atoms. The summed E-state index contributed by atoms with van der Waals surface area (Å²) in [5, 5.41) is 11.1. The van der Waals surface area contributed by atoms with E-state index >= 15 is 0 Å². The fourth-order valence-electron chi connectivity index (χ4n) is 1.50. The predicted octanol–water partition coefficient (Wildman–Crippen LogP) is 2.00. The average molecular weight is 320 g/mol. The maximum atomic E-state index is 11.5. The van der Waals surface area contributed by atoms with Crippen LogP contribution in [0.15, 0.2) is 48.6 Å². The van der Waals surface area contributed by atoms with E-state index in [1.54, 1.807) is 11.6 Å². The Morgan fingerprint density at radius 2 is 1.91 bits per heavy atom. The van der Waals surface area contributed by atoms with Gasteiger partial charge in [-0.1, -0.05) is 48.6 Å². The molecule has 1 aromatic carbocycles. The number of hydrogen-bond acceptors (Lipinski definition) is 4. The van der Waals surface area contributed by atoms with Gasteiger partial charge in [-0.15, -0.1) is 0 Å². The molecular formula is C16H20N2O3S. The summed E-state index contributed by atoms with van der Waals surface area (Å²) in [4.78, 5) is 22.2. The van der Waals surface area contributed by atoms with Gasteiger partial charge in [0.2, 0.25) is 11.8 Å². The highest BCUT2D eigenvalue weighted by atomic mass is 32.2. The molecular weight excluding hydrogens is 300 g/mol. The minimum atomic E-state index is -0.398. The maximum Gasteiger partial charge on any atom is 0.244 e. The third-order valence-corrected chi connectivity index (χ3v) is 3.58. The van der Waals surface area contributed by atoms with Crippen LogP contribution in [0.1, 0.15) is 12.0 Å². The van der Waals surface area contributed by atoms with E-state index in [0.29, 0.717) is 12.3 Å². The van der Waals surface area contributed by atoms with Gasteiger partial charge in [0.25, 0.3) is 0 Å². The first-order valence-corrected chi connectivity index (χ1v) is 8.06. The van der Waals surface area contributed by atoms with Crippen LogP contribution >= 0.6 is 11.8 Å². The van der Waals surface area contributed by atoms with Crippen molar-refractivity contribution in [2.45, 2.75) is 6.42 Å². The molecule has 0 unspecified atom stereocenters. The lowest BCUT2D eigenvalue weighted by Gasteiger charge is -2.02. The quantitative estimate of drug-likeness (QED) is 0.214. The van der Waals surface area contributed by atoms with Gasteiger partial charge in [0.15, 0.2) is 0 Å². The summed E-state index contributed by atoms with van der Waals surface area (Å²) in [5.41, 5.74) is 2.66.